The predicted molar refractivity (Wildman–Crippen MR) is 105 cm³/mol. The summed E-state index contributed by atoms with van der Waals surface area (Å²) in [6.07, 6.45) is 5.96. The molecule has 1 aromatic heterocycles. The number of aryl methyl sites for hydroxylation is 2. The maximum Gasteiger partial charge on any atom is 0.257 e. The van der Waals surface area contributed by atoms with Crippen molar-refractivity contribution in [2.24, 2.45) is 0 Å². The number of fused-ring (bicyclic) bond motifs is 1. The van der Waals surface area contributed by atoms with Crippen LogP contribution in [0.5, 0.6) is 0 Å². The van der Waals surface area contributed by atoms with E-state index in [1.165, 1.54) is 29.3 Å². The summed E-state index contributed by atoms with van der Waals surface area (Å²) < 4.78 is 26.7. The van der Waals surface area contributed by atoms with E-state index in [4.69, 9.17) is 0 Å². The van der Waals surface area contributed by atoms with Crippen molar-refractivity contribution in [2.75, 3.05) is 5.32 Å². The molecule has 1 amide bonds. The van der Waals surface area contributed by atoms with Crippen molar-refractivity contribution in [3.05, 3.63) is 94.2 Å². The Bertz CT molecular complexity index is 1110. The highest BCUT2D eigenvalue weighted by molar-refractivity contribution is 6.17. The van der Waals surface area contributed by atoms with Crippen LogP contribution in [-0.4, -0.2) is 16.7 Å². The molecule has 1 heterocycles. The molecule has 0 saturated heterocycles. The standard InChI is InChI=1S/C23H18F2N2O2/c24-19-10-9-15(11-20(19)25)22(28)17-7-3-4-8-18(17)23(29)27-21-12-14-5-1-2-6-16(14)13-26-21/h3-4,7-13H,1-2,5-6H2,(H,26,27,29). The molecule has 6 heteroatoms. The minimum absolute atomic E-state index is 0.0314. The third-order valence-electron chi connectivity index (χ3n) is 5.06. The molecule has 4 rings (SSSR count). The van der Waals surface area contributed by atoms with E-state index in [1.54, 1.807) is 18.3 Å². The van der Waals surface area contributed by atoms with E-state index in [0.717, 1.165) is 37.8 Å². The molecule has 0 spiro atoms. The lowest BCUT2D eigenvalue weighted by Gasteiger charge is -2.16. The molecule has 0 unspecified atom stereocenters. The van der Waals surface area contributed by atoms with Gasteiger partial charge in [-0.3, -0.25) is 9.59 Å². The fraction of sp³-hybridized carbons (Fsp3) is 0.174. The quantitative estimate of drug-likeness (QED) is 0.654. The molecule has 1 aliphatic rings. The van der Waals surface area contributed by atoms with Gasteiger partial charge in [0.25, 0.3) is 5.91 Å². The Hall–Kier alpha value is -3.41. The van der Waals surface area contributed by atoms with Crippen LogP contribution in [-0.2, 0) is 12.8 Å². The fourth-order valence-electron chi connectivity index (χ4n) is 3.54. The van der Waals surface area contributed by atoms with E-state index >= 15 is 0 Å². The number of hydrogen-bond donors (Lipinski definition) is 1. The van der Waals surface area contributed by atoms with Crippen LogP contribution in [0.2, 0.25) is 0 Å². The van der Waals surface area contributed by atoms with Crippen molar-refractivity contribution >= 4 is 17.5 Å². The maximum atomic E-state index is 13.5. The highest BCUT2D eigenvalue weighted by atomic mass is 19.2. The average Bonchev–Trinajstić information content (AvgIpc) is 2.75. The lowest BCUT2D eigenvalue weighted by atomic mass is 9.93. The second kappa shape index (κ2) is 7.91. The van der Waals surface area contributed by atoms with Crippen molar-refractivity contribution in [1.82, 2.24) is 4.98 Å². The third-order valence-corrected chi connectivity index (χ3v) is 5.06. The Balaban J connectivity index is 1.61. The highest BCUT2D eigenvalue weighted by Crippen LogP contribution is 2.23. The number of nitrogens with one attached hydrogen (secondary N) is 1. The van der Waals surface area contributed by atoms with Crippen LogP contribution in [0.15, 0.2) is 54.7 Å². The van der Waals surface area contributed by atoms with Gasteiger partial charge in [-0.05, 0) is 67.1 Å². The van der Waals surface area contributed by atoms with Crippen molar-refractivity contribution in [1.29, 1.82) is 0 Å². The number of rotatable bonds is 4. The number of amides is 1. The van der Waals surface area contributed by atoms with Crippen LogP contribution in [0, 0.1) is 11.6 Å². The number of ketones is 1. The molecule has 0 fully saturated rings. The first-order chi connectivity index (χ1) is 14.0. The summed E-state index contributed by atoms with van der Waals surface area (Å²) in [5.74, 6) is -2.78. The van der Waals surface area contributed by atoms with Gasteiger partial charge < -0.3 is 5.32 Å². The molecule has 1 aliphatic carbocycles. The minimum atomic E-state index is -1.11. The molecule has 0 bridgehead atoms. The van der Waals surface area contributed by atoms with Gasteiger partial charge in [0.05, 0.1) is 5.56 Å². The molecule has 0 saturated carbocycles. The van der Waals surface area contributed by atoms with Crippen molar-refractivity contribution < 1.29 is 18.4 Å². The highest BCUT2D eigenvalue weighted by Gasteiger charge is 2.20. The van der Waals surface area contributed by atoms with Gasteiger partial charge in [-0.1, -0.05) is 18.2 Å². The van der Waals surface area contributed by atoms with Gasteiger partial charge in [-0.25, -0.2) is 13.8 Å². The Morgan fingerprint density at radius 2 is 1.59 bits per heavy atom. The smallest absolute Gasteiger partial charge is 0.257 e. The van der Waals surface area contributed by atoms with E-state index < -0.39 is 23.3 Å². The van der Waals surface area contributed by atoms with E-state index in [-0.39, 0.29) is 16.7 Å². The first kappa shape index (κ1) is 18.9. The number of nitrogens with zero attached hydrogens (tertiary/aromatic N) is 1. The molecule has 3 aromatic rings. The molecule has 4 nitrogen and oxygen atoms in total. The number of carbonyl (C=O) groups is 2. The lowest BCUT2D eigenvalue weighted by molar-refractivity contribution is 0.0996. The molecule has 146 valence electrons. The van der Waals surface area contributed by atoms with Crippen molar-refractivity contribution in [2.45, 2.75) is 25.7 Å². The van der Waals surface area contributed by atoms with Gasteiger partial charge >= 0.3 is 0 Å². The summed E-state index contributed by atoms with van der Waals surface area (Å²) >= 11 is 0. The molecule has 0 radical (unpaired) electrons. The van der Waals surface area contributed by atoms with Gasteiger partial charge in [-0.2, -0.15) is 0 Å². The summed E-state index contributed by atoms with van der Waals surface area (Å²) in [5.41, 5.74) is 2.59. The van der Waals surface area contributed by atoms with Gasteiger partial charge in [-0.15, -0.1) is 0 Å². The van der Waals surface area contributed by atoms with Crippen molar-refractivity contribution in [3.63, 3.8) is 0 Å². The van der Waals surface area contributed by atoms with Gasteiger partial charge in [0.2, 0.25) is 0 Å². The largest absolute Gasteiger partial charge is 0.307 e. The number of carbonyl (C=O) groups excluding carboxylic acids is 2. The molecule has 29 heavy (non-hydrogen) atoms. The zero-order valence-electron chi connectivity index (χ0n) is 15.5. The zero-order valence-corrected chi connectivity index (χ0v) is 15.5. The fourth-order valence-corrected chi connectivity index (χ4v) is 3.54. The molecule has 1 N–H and O–H groups in total. The molecule has 0 aliphatic heterocycles. The van der Waals surface area contributed by atoms with Crippen LogP contribution in [0.25, 0.3) is 0 Å². The first-order valence-corrected chi connectivity index (χ1v) is 9.41. The lowest BCUT2D eigenvalue weighted by Crippen LogP contribution is -2.18. The topological polar surface area (TPSA) is 59.1 Å². The Morgan fingerprint density at radius 3 is 2.34 bits per heavy atom. The number of halogens is 2. The summed E-state index contributed by atoms with van der Waals surface area (Å²) in [7, 11) is 0. The zero-order chi connectivity index (χ0) is 20.4. The second-order valence-corrected chi connectivity index (χ2v) is 7.00. The molecule has 0 atom stereocenters. The van der Waals surface area contributed by atoms with Crippen molar-refractivity contribution in [3.8, 4) is 0 Å². The van der Waals surface area contributed by atoms with Gasteiger partial charge in [0.1, 0.15) is 5.82 Å². The SMILES string of the molecule is O=C(Nc1cc2c(cn1)CCCC2)c1ccccc1C(=O)c1ccc(F)c(F)c1. The Labute approximate surface area is 166 Å². The number of benzene rings is 2. The number of anilines is 1. The summed E-state index contributed by atoms with van der Waals surface area (Å²) in [6.45, 7) is 0. The normalized spacial score (nSPS) is 12.9. The predicted octanol–water partition coefficient (Wildman–Crippen LogP) is 4.72. The summed E-state index contributed by atoms with van der Waals surface area (Å²) in [5, 5.41) is 2.74. The Kier molecular flexibility index (Phi) is 5.16. The number of aromatic nitrogens is 1. The van der Waals surface area contributed by atoms with Crippen LogP contribution < -0.4 is 5.32 Å². The number of hydrogen-bond acceptors (Lipinski definition) is 3. The van der Waals surface area contributed by atoms with Gasteiger partial charge in [0.15, 0.2) is 17.4 Å². The summed E-state index contributed by atoms with van der Waals surface area (Å²) in [4.78, 5) is 29.9. The average molecular weight is 392 g/mol. The molecular weight excluding hydrogens is 374 g/mol. The van der Waals surface area contributed by atoms with Gasteiger partial charge in [0, 0.05) is 17.3 Å². The van der Waals surface area contributed by atoms with Crippen LogP contribution >= 0.6 is 0 Å². The Morgan fingerprint density at radius 1 is 0.862 bits per heavy atom. The van der Waals surface area contributed by atoms with Crippen LogP contribution in [0.1, 0.15) is 50.2 Å². The van der Waals surface area contributed by atoms with E-state index in [9.17, 15) is 18.4 Å². The number of pyridine rings is 1. The monoisotopic (exact) mass is 392 g/mol. The molecule has 2 aromatic carbocycles. The minimum Gasteiger partial charge on any atom is -0.307 e. The van der Waals surface area contributed by atoms with E-state index in [1.807, 2.05) is 6.07 Å². The maximum absolute atomic E-state index is 13.5. The summed E-state index contributed by atoms with van der Waals surface area (Å²) in [6, 6.07) is 11.0. The van der Waals surface area contributed by atoms with Crippen LogP contribution in [0.4, 0.5) is 14.6 Å². The van der Waals surface area contributed by atoms with Crippen LogP contribution in [0.3, 0.4) is 0 Å². The van der Waals surface area contributed by atoms with E-state index in [2.05, 4.69) is 10.3 Å². The first-order valence-electron chi connectivity index (χ1n) is 9.41. The molecular formula is C23H18F2N2O2. The third kappa shape index (κ3) is 3.92. The second-order valence-electron chi connectivity index (χ2n) is 7.00. The van der Waals surface area contributed by atoms with E-state index in [0.29, 0.717) is 5.82 Å².